The van der Waals surface area contributed by atoms with Crippen LogP contribution in [0.15, 0.2) is 6.33 Å². The van der Waals surface area contributed by atoms with E-state index < -0.39 is 0 Å². The molecule has 0 bridgehead atoms. The number of nitrogens with zero attached hydrogens (tertiary/aromatic N) is 4. The molecule has 0 unspecified atom stereocenters. The highest BCUT2D eigenvalue weighted by atomic mass is 16.2. The van der Waals surface area contributed by atoms with Gasteiger partial charge in [0.25, 0.3) is 0 Å². The highest BCUT2D eigenvalue weighted by Gasteiger charge is 2.10. The summed E-state index contributed by atoms with van der Waals surface area (Å²) in [7, 11) is 0. The van der Waals surface area contributed by atoms with Crippen LogP contribution in [0.4, 0.5) is 5.82 Å². The molecule has 0 radical (unpaired) electrons. The number of aliphatic hydroxyl groups excluding tert-OH is 1. The predicted molar refractivity (Wildman–Crippen MR) is 77.8 cm³/mol. The van der Waals surface area contributed by atoms with Crippen LogP contribution < -0.4 is 5.73 Å². The fourth-order valence-corrected chi connectivity index (χ4v) is 1.79. The number of rotatable bonds is 4. The Morgan fingerprint density at radius 1 is 1.35 bits per heavy atom. The molecule has 6 nitrogen and oxygen atoms in total. The Hall–Kier alpha value is -2.13. The second kappa shape index (κ2) is 6.35. The molecule has 0 atom stereocenters. The summed E-state index contributed by atoms with van der Waals surface area (Å²) < 4.78 is 1.92. The van der Waals surface area contributed by atoms with Crippen molar-refractivity contribution in [1.82, 2.24) is 19.5 Å². The van der Waals surface area contributed by atoms with Crippen LogP contribution in [-0.4, -0.2) is 31.2 Å². The molecule has 20 heavy (non-hydrogen) atoms. The van der Waals surface area contributed by atoms with Gasteiger partial charge in [0, 0.05) is 19.1 Å². The minimum absolute atomic E-state index is 0.189. The summed E-state index contributed by atoms with van der Waals surface area (Å²) in [6, 6.07) is 0. The SMILES string of the molecule is CC(C)C#Cc1nc(N)c2ncn(CCCCO)c2n1. The van der Waals surface area contributed by atoms with E-state index >= 15 is 0 Å². The van der Waals surface area contributed by atoms with Crippen molar-refractivity contribution in [2.45, 2.75) is 33.2 Å². The molecule has 2 aromatic rings. The molecule has 0 spiro atoms. The van der Waals surface area contributed by atoms with Gasteiger partial charge in [0.1, 0.15) is 5.52 Å². The second-order valence-electron chi connectivity index (χ2n) is 4.90. The van der Waals surface area contributed by atoms with Gasteiger partial charge in [-0.15, -0.1) is 0 Å². The molecule has 106 valence electrons. The summed E-state index contributed by atoms with van der Waals surface area (Å²) >= 11 is 0. The Labute approximate surface area is 118 Å². The van der Waals surface area contributed by atoms with Crippen molar-refractivity contribution in [3.63, 3.8) is 0 Å². The number of fused-ring (bicyclic) bond motifs is 1. The van der Waals surface area contributed by atoms with Crippen molar-refractivity contribution in [1.29, 1.82) is 0 Å². The molecule has 3 N–H and O–H groups in total. The third-order valence-electron chi connectivity index (χ3n) is 2.77. The number of hydrogen-bond acceptors (Lipinski definition) is 5. The lowest BCUT2D eigenvalue weighted by atomic mass is 10.2. The van der Waals surface area contributed by atoms with Gasteiger partial charge in [0.2, 0.25) is 5.82 Å². The summed E-state index contributed by atoms with van der Waals surface area (Å²) in [5.74, 6) is 6.98. The van der Waals surface area contributed by atoms with Crippen LogP contribution in [0.2, 0.25) is 0 Å². The molecule has 0 aliphatic heterocycles. The Morgan fingerprint density at radius 3 is 2.85 bits per heavy atom. The van der Waals surface area contributed by atoms with Crippen molar-refractivity contribution < 1.29 is 5.11 Å². The number of nitrogen functional groups attached to an aromatic ring is 1. The molecule has 0 aliphatic carbocycles. The van der Waals surface area contributed by atoms with E-state index in [1.54, 1.807) is 6.33 Å². The maximum atomic E-state index is 8.83. The molecular weight excluding hydrogens is 254 g/mol. The first-order valence-electron chi connectivity index (χ1n) is 6.72. The molecule has 2 aromatic heterocycles. The number of anilines is 1. The van der Waals surface area contributed by atoms with Gasteiger partial charge in [-0.3, -0.25) is 0 Å². The number of hydrogen-bond donors (Lipinski definition) is 2. The number of aliphatic hydroxyl groups is 1. The van der Waals surface area contributed by atoms with Gasteiger partial charge in [-0.05, 0) is 18.8 Å². The van der Waals surface area contributed by atoms with E-state index in [1.807, 2.05) is 18.4 Å². The van der Waals surface area contributed by atoms with Gasteiger partial charge in [0.15, 0.2) is 11.5 Å². The maximum Gasteiger partial charge on any atom is 0.208 e. The first-order chi connectivity index (χ1) is 9.61. The van der Waals surface area contributed by atoms with E-state index in [0.717, 1.165) is 19.4 Å². The Morgan fingerprint density at radius 2 is 2.15 bits per heavy atom. The summed E-state index contributed by atoms with van der Waals surface area (Å²) in [5.41, 5.74) is 7.20. The minimum atomic E-state index is 0.189. The van der Waals surface area contributed by atoms with Crippen molar-refractivity contribution in [2.24, 2.45) is 5.92 Å². The summed E-state index contributed by atoms with van der Waals surface area (Å²) in [6.45, 7) is 4.95. The minimum Gasteiger partial charge on any atom is -0.396 e. The Balaban J connectivity index is 2.35. The zero-order valence-electron chi connectivity index (χ0n) is 11.8. The first kappa shape index (κ1) is 14.3. The highest BCUT2D eigenvalue weighted by molar-refractivity contribution is 5.81. The monoisotopic (exact) mass is 273 g/mol. The van der Waals surface area contributed by atoms with Crippen molar-refractivity contribution in [3.05, 3.63) is 12.2 Å². The average Bonchev–Trinajstić information content (AvgIpc) is 2.81. The van der Waals surface area contributed by atoms with E-state index in [2.05, 4.69) is 26.8 Å². The number of aryl methyl sites for hydroxylation is 1. The number of nitrogens with two attached hydrogens (primary N) is 1. The van der Waals surface area contributed by atoms with Gasteiger partial charge in [-0.25, -0.2) is 15.0 Å². The molecule has 6 heteroatoms. The lowest BCUT2D eigenvalue weighted by Gasteiger charge is -2.03. The maximum absolute atomic E-state index is 8.83. The largest absolute Gasteiger partial charge is 0.396 e. The topological polar surface area (TPSA) is 89.8 Å². The van der Waals surface area contributed by atoms with E-state index in [9.17, 15) is 0 Å². The summed E-state index contributed by atoms with van der Waals surface area (Å²) in [6.07, 6.45) is 3.31. The average molecular weight is 273 g/mol. The van der Waals surface area contributed by atoms with E-state index in [-0.39, 0.29) is 12.5 Å². The molecular formula is C14H19N5O. The normalized spacial score (nSPS) is 10.8. The zero-order chi connectivity index (χ0) is 14.5. The fraction of sp³-hybridized carbons (Fsp3) is 0.500. The van der Waals surface area contributed by atoms with Crippen LogP contribution in [0.5, 0.6) is 0 Å². The zero-order valence-corrected chi connectivity index (χ0v) is 11.8. The van der Waals surface area contributed by atoms with Crippen LogP contribution in [0.1, 0.15) is 32.5 Å². The Kier molecular flexibility index (Phi) is 4.53. The van der Waals surface area contributed by atoms with Crippen LogP contribution in [0, 0.1) is 17.8 Å². The molecule has 0 aliphatic rings. The lowest BCUT2D eigenvalue weighted by molar-refractivity contribution is 0.281. The van der Waals surface area contributed by atoms with Crippen LogP contribution in [-0.2, 0) is 6.54 Å². The van der Waals surface area contributed by atoms with E-state index in [1.165, 1.54) is 0 Å². The third kappa shape index (κ3) is 3.25. The molecule has 0 fully saturated rings. The molecule has 0 amide bonds. The van der Waals surface area contributed by atoms with Crippen molar-refractivity contribution in [2.75, 3.05) is 12.3 Å². The van der Waals surface area contributed by atoms with Crippen LogP contribution in [0.25, 0.3) is 11.2 Å². The second-order valence-corrected chi connectivity index (χ2v) is 4.90. The lowest BCUT2D eigenvalue weighted by Crippen LogP contribution is -2.03. The van der Waals surface area contributed by atoms with Crippen LogP contribution in [0.3, 0.4) is 0 Å². The van der Waals surface area contributed by atoms with E-state index in [4.69, 9.17) is 10.8 Å². The van der Waals surface area contributed by atoms with Gasteiger partial charge in [-0.2, -0.15) is 0 Å². The number of imidazole rings is 1. The number of aromatic nitrogens is 4. The first-order valence-corrected chi connectivity index (χ1v) is 6.72. The van der Waals surface area contributed by atoms with Crippen molar-refractivity contribution in [3.8, 4) is 11.8 Å². The third-order valence-corrected chi connectivity index (χ3v) is 2.77. The standard InChI is InChI=1S/C14H19N5O/c1-10(2)5-6-11-17-13(15)12-14(18-11)19(9-16-12)7-3-4-8-20/h9-10,20H,3-4,7-8H2,1-2H3,(H2,15,17,18). The van der Waals surface area contributed by atoms with Gasteiger partial charge in [0.05, 0.1) is 6.33 Å². The fourth-order valence-electron chi connectivity index (χ4n) is 1.79. The van der Waals surface area contributed by atoms with Gasteiger partial charge < -0.3 is 15.4 Å². The Bertz CT molecular complexity index is 651. The summed E-state index contributed by atoms with van der Waals surface area (Å²) in [5, 5.41) is 8.83. The van der Waals surface area contributed by atoms with Gasteiger partial charge >= 0.3 is 0 Å². The number of unbranched alkanes of at least 4 members (excludes halogenated alkanes) is 1. The smallest absolute Gasteiger partial charge is 0.208 e. The van der Waals surface area contributed by atoms with Gasteiger partial charge in [-0.1, -0.05) is 19.8 Å². The van der Waals surface area contributed by atoms with Crippen molar-refractivity contribution >= 4 is 17.0 Å². The molecule has 0 saturated carbocycles. The van der Waals surface area contributed by atoms with Crippen LogP contribution >= 0.6 is 0 Å². The highest BCUT2D eigenvalue weighted by Crippen LogP contribution is 2.16. The molecule has 2 rings (SSSR count). The molecule has 0 saturated heterocycles. The summed E-state index contributed by atoms with van der Waals surface area (Å²) in [4.78, 5) is 12.8. The molecule has 0 aromatic carbocycles. The quantitative estimate of drug-likeness (QED) is 0.645. The molecule has 2 heterocycles. The van der Waals surface area contributed by atoms with E-state index in [0.29, 0.717) is 22.8 Å². The predicted octanol–water partition coefficient (Wildman–Crippen LogP) is 1.19.